The van der Waals surface area contributed by atoms with Gasteiger partial charge in [-0.3, -0.25) is 19.2 Å². The van der Waals surface area contributed by atoms with Gasteiger partial charge in [-0.25, -0.2) is 4.79 Å². The molecule has 1 aliphatic heterocycles. The van der Waals surface area contributed by atoms with Gasteiger partial charge in [0.25, 0.3) is 23.6 Å². The number of benzene rings is 6. The molecule has 65 heavy (non-hydrogen) atoms. The molecule has 7 rings (SSSR count). The Kier molecular flexibility index (Phi) is 15.9. The van der Waals surface area contributed by atoms with E-state index in [0.29, 0.717) is 35.2 Å². The van der Waals surface area contributed by atoms with Gasteiger partial charge in [0.05, 0.1) is 11.1 Å². The topological polar surface area (TPSA) is 150 Å². The van der Waals surface area contributed by atoms with Gasteiger partial charge in [0.15, 0.2) is 23.0 Å². The van der Waals surface area contributed by atoms with E-state index >= 15 is 0 Å². The predicted molar refractivity (Wildman–Crippen MR) is 241 cm³/mol. The van der Waals surface area contributed by atoms with Crippen LogP contribution in [-0.4, -0.2) is 59.2 Å². The van der Waals surface area contributed by atoms with Crippen LogP contribution in [0.15, 0.2) is 158 Å². The smallest absolute Gasteiger partial charge is 0.352 e. The Hall–Kier alpha value is -7.93. The summed E-state index contributed by atoms with van der Waals surface area (Å²) in [4.78, 5) is 72.7. The molecule has 332 valence electrons. The molecule has 1 aliphatic rings. The molecule has 6 aromatic carbocycles. The Morgan fingerprint density at radius 3 is 1.42 bits per heavy atom. The second-order valence-electron chi connectivity index (χ2n) is 15.1. The second kappa shape index (κ2) is 23.0. The van der Waals surface area contributed by atoms with Crippen molar-refractivity contribution in [3.63, 3.8) is 0 Å². The number of hydrogen-bond donors (Lipinski definition) is 1. The fraction of sp³-hybridized carbons (Fsp3) is 0.212. The van der Waals surface area contributed by atoms with Gasteiger partial charge in [-0.15, -0.1) is 5.06 Å². The molecule has 0 aliphatic carbocycles. The minimum Gasteiger partial charge on any atom is -0.485 e. The molecule has 0 spiro atoms. The summed E-state index contributed by atoms with van der Waals surface area (Å²) in [5.41, 5.74) is 4.04. The molecule has 0 bridgehead atoms. The number of carbonyl (C=O) groups excluding carboxylic acids is 5. The quantitative estimate of drug-likeness (QED) is 0.0522. The maximum absolute atomic E-state index is 14.6. The zero-order valence-electron chi connectivity index (χ0n) is 35.8. The standard InChI is InChI=1S/C52H49N3O10/c56-46-29-30-47(57)55(46)65-48(58)33-54(52(60)43-26-16-28-45(62-35-39-19-7-2-8-20-39)50(43)64-37-41-23-11-4-12-24-41)32-14-13-31-53-51(59)42-25-15-27-44(61-34-38-17-5-1-6-18-38)49(42)63-36-40-21-9-3-10-22-40/h1-12,15-28H,13-14,29-37H2,(H,53,59). The summed E-state index contributed by atoms with van der Waals surface area (Å²) in [6.07, 6.45) is 0.576. The minimum atomic E-state index is -0.976. The fourth-order valence-electron chi connectivity index (χ4n) is 6.93. The lowest BCUT2D eigenvalue weighted by molar-refractivity contribution is -0.197. The first-order valence-electron chi connectivity index (χ1n) is 21.4. The molecule has 13 nitrogen and oxygen atoms in total. The Morgan fingerprint density at radius 1 is 0.508 bits per heavy atom. The highest BCUT2D eigenvalue weighted by Gasteiger charge is 2.34. The summed E-state index contributed by atoms with van der Waals surface area (Å²) >= 11 is 0. The Morgan fingerprint density at radius 2 is 0.938 bits per heavy atom. The number of unbranched alkanes of at least 4 members (excludes halogenated alkanes) is 1. The van der Waals surface area contributed by atoms with E-state index in [1.165, 1.54) is 4.90 Å². The first-order chi connectivity index (χ1) is 31.8. The highest BCUT2D eigenvalue weighted by atomic mass is 16.7. The molecule has 0 unspecified atom stereocenters. The van der Waals surface area contributed by atoms with Gasteiger partial charge in [0, 0.05) is 25.9 Å². The first-order valence-corrected chi connectivity index (χ1v) is 21.4. The Labute approximate surface area is 377 Å². The molecule has 4 amide bonds. The van der Waals surface area contributed by atoms with Crippen LogP contribution in [0.25, 0.3) is 0 Å². The lowest BCUT2D eigenvalue weighted by Gasteiger charge is -2.24. The molecule has 1 heterocycles. The van der Waals surface area contributed by atoms with Crippen molar-refractivity contribution in [1.29, 1.82) is 0 Å². The lowest BCUT2D eigenvalue weighted by Crippen LogP contribution is -2.41. The zero-order valence-corrected chi connectivity index (χ0v) is 35.8. The molecule has 1 N–H and O–H groups in total. The molecular formula is C52H49N3O10. The third kappa shape index (κ3) is 12.8. The van der Waals surface area contributed by atoms with E-state index in [-0.39, 0.29) is 75.1 Å². The van der Waals surface area contributed by atoms with Crippen molar-refractivity contribution in [3.8, 4) is 23.0 Å². The Bertz CT molecular complexity index is 2520. The maximum atomic E-state index is 14.6. The number of imide groups is 1. The number of amides is 4. The van der Waals surface area contributed by atoms with Crippen LogP contribution in [0.1, 0.15) is 68.7 Å². The molecule has 0 atom stereocenters. The summed E-state index contributed by atoms with van der Waals surface area (Å²) in [6, 6.07) is 48.4. The second-order valence-corrected chi connectivity index (χ2v) is 15.1. The molecule has 6 aromatic rings. The van der Waals surface area contributed by atoms with Crippen LogP contribution >= 0.6 is 0 Å². The summed E-state index contributed by atoms with van der Waals surface area (Å²) in [5, 5.41) is 3.41. The normalized spacial score (nSPS) is 12.0. The molecule has 0 radical (unpaired) electrons. The van der Waals surface area contributed by atoms with Crippen molar-refractivity contribution >= 4 is 29.6 Å². The van der Waals surface area contributed by atoms with E-state index in [4.69, 9.17) is 23.8 Å². The first kappa shape index (κ1) is 45.1. The summed E-state index contributed by atoms with van der Waals surface area (Å²) in [7, 11) is 0. The summed E-state index contributed by atoms with van der Waals surface area (Å²) in [5.74, 6) is -2.02. The number of nitrogens with one attached hydrogen (secondary N) is 1. The van der Waals surface area contributed by atoms with Crippen molar-refractivity contribution in [2.75, 3.05) is 19.6 Å². The SMILES string of the molecule is O=C(CN(CCCCNC(=O)c1cccc(OCc2ccccc2)c1OCc1ccccc1)C(=O)c1cccc(OCc2ccccc2)c1OCc1ccccc1)ON1C(=O)CCC1=O. The summed E-state index contributed by atoms with van der Waals surface area (Å²) in [6.45, 7) is 0.456. The van der Waals surface area contributed by atoms with Crippen LogP contribution in [0.4, 0.5) is 0 Å². The molecule has 1 fully saturated rings. The number of hydroxylamine groups is 2. The lowest BCUT2D eigenvalue weighted by atomic mass is 10.1. The average Bonchev–Trinajstić information content (AvgIpc) is 3.66. The van der Waals surface area contributed by atoms with E-state index in [1.807, 2.05) is 121 Å². The van der Waals surface area contributed by atoms with Crippen molar-refractivity contribution in [2.45, 2.75) is 52.1 Å². The van der Waals surface area contributed by atoms with Crippen molar-refractivity contribution < 1.29 is 47.8 Å². The molecule has 1 saturated heterocycles. The van der Waals surface area contributed by atoms with Crippen LogP contribution in [0.2, 0.25) is 0 Å². The van der Waals surface area contributed by atoms with Crippen LogP contribution in [0.3, 0.4) is 0 Å². The monoisotopic (exact) mass is 875 g/mol. The molecule has 0 saturated carbocycles. The van der Waals surface area contributed by atoms with E-state index in [9.17, 15) is 24.0 Å². The van der Waals surface area contributed by atoms with Crippen molar-refractivity contribution in [1.82, 2.24) is 15.3 Å². The number of hydrogen-bond acceptors (Lipinski definition) is 10. The number of para-hydroxylation sites is 2. The van der Waals surface area contributed by atoms with E-state index < -0.39 is 30.2 Å². The highest BCUT2D eigenvalue weighted by Crippen LogP contribution is 2.35. The van der Waals surface area contributed by atoms with E-state index in [0.717, 1.165) is 22.3 Å². The maximum Gasteiger partial charge on any atom is 0.352 e. The number of rotatable bonds is 22. The van der Waals surface area contributed by atoms with Crippen LogP contribution < -0.4 is 24.3 Å². The molecule has 0 aromatic heterocycles. The molecule has 13 heteroatoms. The van der Waals surface area contributed by atoms with Crippen molar-refractivity contribution in [3.05, 3.63) is 191 Å². The predicted octanol–water partition coefficient (Wildman–Crippen LogP) is 8.26. The molecular weight excluding hydrogens is 827 g/mol. The number of carbonyl (C=O) groups is 5. The minimum absolute atomic E-state index is 0.0349. The van der Waals surface area contributed by atoms with Gasteiger partial charge < -0.3 is 34.0 Å². The van der Waals surface area contributed by atoms with Gasteiger partial charge in [-0.05, 0) is 59.4 Å². The van der Waals surface area contributed by atoms with Crippen LogP contribution in [0, 0.1) is 0 Å². The number of nitrogens with zero attached hydrogens (tertiary/aromatic N) is 2. The number of ether oxygens (including phenoxy) is 4. The van der Waals surface area contributed by atoms with Gasteiger partial charge in [-0.1, -0.05) is 133 Å². The van der Waals surface area contributed by atoms with Gasteiger partial charge in [0.1, 0.15) is 33.0 Å². The average molecular weight is 876 g/mol. The van der Waals surface area contributed by atoms with Gasteiger partial charge in [0.2, 0.25) is 0 Å². The Balaban J connectivity index is 1.06. The highest BCUT2D eigenvalue weighted by molar-refractivity contribution is 6.02. The largest absolute Gasteiger partial charge is 0.485 e. The van der Waals surface area contributed by atoms with Gasteiger partial charge >= 0.3 is 5.97 Å². The third-order valence-electron chi connectivity index (χ3n) is 10.3. The summed E-state index contributed by atoms with van der Waals surface area (Å²) < 4.78 is 24.9. The van der Waals surface area contributed by atoms with Gasteiger partial charge in [-0.2, -0.15) is 0 Å². The van der Waals surface area contributed by atoms with Crippen molar-refractivity contribution in [2.24, 2.45) is 0 Å². The fourth-order valence-corrected chi connectivity index (χ4v) is 6.93. The van der Waals surface area contributed by atoms with E-state index in [1.54, 1.807) is 36.4 Å². The van der Waals surface area contributed by atoms with Crippen LogP contribution in [0.5, 0.6) is 23.0 Å². The third-order valence-corrected chi connectivity index (χ3v) is 10.3. The zero-order chi connectivity index (χ0) is 45.2. The van der Waals surface area contributed by atoms with Crippen LogP contribution in [-0.2, 0) is 45.6 Å². The van der Waals surface area contributed by atoms with E-state index in [2.05, 4.69) is 5.32 Å².